The van der Waals surface area contributed by atoms with E-state index in [9.17, 15) is 14.7 Å². The lowest BCUT2D eigenvalue weighted by molar-refractivity contribution is -0.113. The van der Waals surface area contributed by atoms with Gasteiger partial charge in [-0.15, -0.1) is 0 Å². The molecule has 1 unspecified atom stereocenters. The number of phenolic OH excluding ortho intramolecular Hbond substituents is 1. The highest BCUT2D eigenvalue weighted by Gasteiger charge is 2.31. The Kier molecular flexibility index (Phi) is 5.38. The molecule has 3 amide bonds. The fraction of sp³-hybridized carbons (Fsp3) is 0.111. The van der Waals surface area contributed by atoms with E-state index < -0.39 is 12.1 Å². The monoisotopic (exact) mass is 483 g/mol. The highest BCUT2D eigenvalue weighted by atomic mass is 127. The summed E-state index contributed by atoms with van der Waals surface area (Å²) in [4.78, 5) is 24.8. The first-order chi connectivity index (χ1) is 12.4. The number of phenols is 1. The van der Waals surface area contributed by atoms with Gasteiger partial charge in [-0.25, -0.2) is 4.79 Å². The lowest BCUT2D eigenvalue weighted by Crippen LogP contribution is -2.46. The number of rotatable bonds is 3. The van der Waals surface area contributed by atoms with E-state index in [1.54, 1.807) is 43.3 Å². The number of carbonyl (C=O) groups is 2. The van der Waals surface area contributed by atoms with E-state index in [4.69, 9.17) is 11.6 Å². The number of anilines is 1. The third-order valence-corrected chi connectivity index (χ3v) is 5.13. The summed E-state index contributed by atoms with van der Waals surface area (Å²) >= 11 is 8.11. The zero-order valence-electron chi connectivity index (χ0n) is 13.6. The number of para-hydroxylation sites is 1. The van der Waals surface area contributed by atoms with Gasteiger partial charge in [0.1, 0.15) is 5.75 Å². The van der Waals surface area contributed by atoms with Gasteiger partial charge in [0.25, 0.3) is 5.91 Å². The summed E-state index contributed by atoms with van der Waals surface area (Å²) in [7, 11) is 0. The molecule has 0 aliphatic carbocycles. The van der Waals surface area contributed by atoms with Crippen molar-refractivity contribution in [1.82, 2.24) is 10.6 Å². The number of nitrogens with one attached hydrogen (secondary N) is 3. The zero-order chi connectivity index (χ0) is 18.8. The summed E-state index contributed by atoms with van der Waals surface area (Å²) in [5.74, 6) is -0.242. The Morgan fingerprint density at radius 3 is 2.69 bits per heavy atom. The maximum absolute atomic E-state index is 12.9. The first-order valence-electron chi connectivity index (χ1n) is 7.69. The molecule has 2 aromatic carbocycles. The lowest BCUT2D eigenvalue weighted by Gasteiger charge is -2.29. The van der Waals surface area contributed by atoms with Gasteiger partial charge in [0.05, 0.1) is 25.9 Å². The predicted molar refractivity (Wildman–Crippen MR) is 108 cm³/mol. The predicted octanol–water partition coefficient (Wildman–Crippen LogP) is 3.92. The summed E-state index contributed by atoms with van der Waals surface area (Å²) in [6.07, 6.45) is 0. The molecule has 26 heavy (non-hydrogen) atoms. The van der Waals surface area contributed by atoms with Crippen molar-refractivity contribution in [3.63, 3.8) is 0 Å². The molecule has 1 aliphatic rings. The second-order valence-electron chi connectivity index (χ2n) is 5.71. The van der Waals surface area contributed by atoms with Crippen molar-refractivity contribution in [3.8, 4) is 5.75 Å². The van der Waals surface area contributed by atoms with Gasteiger partial charge in [0.15, 0.2) is 0 Å². The zero-order valence-corrected chi connectivity index (χ0v) is 16.6. The maximum atomic E-state index is 12.9. The third kappa shape index (κ3) is 3.78. The fourth-order valence-corrected chi connectivity index (χ4v) is 3.42. The number of halogens is 2. The minimum absolute atomic E-state index is 0.136. The third-order valence-electron chi connectivity index (χ3n) is 3.94. The standard InChI is InChI=1S/C18H15ClIN3O3/c1-9-15(17(25)22-13-5-3-2-4-11(13)19)16(23-18(26)21-9)10-6-7-14(24)12(20)8-10/h2-8,16,24H,1H3,(H,22,25)(H2,21,23,26). The van der Waals surface area contributed by atoms with Crippen LogP contribution in [0.3, 0.4) is 0 Å². The minimum atomic E-state index is -0.652. The topological polar surface area (TPSA) is 90.5 Å². The van der Waals surface area contributed by atoms with Gasteiger partial charge in [0.2, 0.25) is 0 Å². The summed E-state index contributed by atoms with van der Waals surface area (Å²) in [6.45, 7) is 1.67. The van der Waals surface area contributed by atoms with Crippen LogP contribution in [0.5, 0.6) is 5.75 Å². The van der Waals surface area contributed by atoms with E-state index in [0.717, 1.165) is 0 Å². The SMILES string of the molecule is CC1=C(C(=O)Nc2ccccc2Cl)C(c2ccc(O)c(I)c2)NC(=O)N1. The Morgan fingerprint density at radius 2 is 2.00 bits per heavy atom. The van der Waals surface area contributed by atoms with Gasteiger partial charge in [0, 0.05) is 5.70 Å². The molecule has 0 saturated carbocycles. The van der Waals surface area contributed by atoms with Gasteiger partial charge in [-0.1, -0.05) is 29.8 Å². The Labute approximate surface area is 168 Å². The van der Waals surface area contributed by atoms with Crippen LogP contribution in [-0.4, -0.2) is 17.0 Å². The fourth-order valence-electron chi connectivity index (χ4n) is 2.70. The van der Waals surface area contributed by atoms with E-state index in [2.05, 4.69) is 16.0 Å². The molecule has 1 atom stereocenters. The van der Waals surface area contributed by atoms with Crippen LogP contribution in [0.25, 0.3) is 0 Å². The Morgan fingerprint density at radius 1 is 1.27 bits per heavy atom. The molecule has 2 aromatic rings. The molecule has 6 nitrogen and oxygen atoms in total. The molecule has 134 valence electrons. The molecule has 0 saturated heterocycles. The van der Waals surface area contributed by atoms with E-state index in [-0.39, 0.29) is 11.7 Å². The highest BCUT2D eigenvalue weighted by Crippen LogP contribution is 2.31. The van der Waals surface area contributed by atoms with Crippen LogP contribution >= 0.6 is 34.2 Å². The molecule has 1 aliphatic heterocycles. The van der Waals surface area contributed by atoms with E-state index in [1.165, 1.54) is 6.07 Å². The molecular weight excluding hydrogens is 469 g/mol. The van der Waals surface area contributed by atoms with Gasteiger partial charge < -0.3 is 21.1 Å². The first-order valence-corrected chi connectivity index (χ1v) is 9.15. The number of aromatic hydroxyl groups is 1. The van der Waals surface area contributed by atoms with Crippen molar-refractivity contribution in [2.75, 3.05) is 5.32 Å². The number of allylic oxidation sites excluding steroid dienone is 1. The molecule has 0 aromatic heterocycles. The number of carbonyl (C=O) groups excluding carboxylic acids is 2. The summed E-state index contributed by atoms with van der Waals surface area (Å²) in [6, 6.07) is 10.8. The molecule has 4 N–H and O–H groups in total. The van der Waals surface area contributed by atoms with Gasteiger partial charge in [-0.2, -0.15) is 0 Å². The summed E-state index contributed by atoms with van der Waals surface area (Å²) in [5, 5.41) is 18.3. The average molecular weight is 484 g/mol. The largest absolute Gasteiger partial charge is 0.507 e. The Hall–Kier alpha value is -2.26. The van der Waals surface area contributed by atoms with Crippen molar-refractivity contribution in [2.45, 2.75) is 13.0 Å². The van der Waals surface area contributed by atoms with Crippen molar-refractivity contribution < 1.29 is 14.7 Å². The molecule has 0 fully saturated rings. The second-order valence-corrected chi connectivity index (χ2v) is 7.28. The van der Waals surface area contributed by atoms with Gasteiger partial charge >= 0.3 is 6.03 Å². The van der Waals surface area contributed by atoms with Crippen LogP contribution in [0.15, 0.2) is 53.7 Å². The van der Waals surface area contributed by atoms with Gasteiger partial charge in [-0.05, 0) is 59.3 Å². The van der Waals surface area contributed by atoms with Crippen molar-refractivity contribution in [3.05, 3.63) is 67.9 Å². The molecule has 0 spiro atoms. The normalized spacial score (nSPS) is 16.7. The number of hydrogen-bond donors (Lipinski definition) is 4. The van der Waals surface area contributed by atoms with Crippen LogP contribution in [0.2, 0.25) is 5.02 Å². The van der Waals surface area contributed by atoms with Crippen molar-refractivity contribution in [1.29, 1.82) is 0 Å². The van der Waals surface area contributed by atoms with E-state index in [0.29, 0.717) is 31.1 Å². The smallest absolute Gasteiger partial charge is 0.319 e. The molecule has 8 heteroatoms. The van der Waals surface area contributed by atoms with E-state index >= 15 is 0 Å². The Balaban J connectivity index is 1.99. The van der Waals surface area contributed by atoms with Crippen LogP contribution in [-0.2, 0) is 4.79 Å². The maximum Gasteiger partial charge on any atom is 0.319 e. The number of amides is 3. The number of hydrogen-bond acceptors (Lipinski definition) is 3. The average Bonchev–Trinajstić information content (AvgIpc) is 2.58. The number of urea groups is 1. The van der Waals surface area contributed by atoms with Gasteiger partial charge in [-0.3, -0.25) is 4.79 Å². The van der Waals surface area contributed by atoms with Crippen LogP contribution in [0.1, 0.15) is 18.5 Å². The van der Waals surface area contributed by atoms with Crippen molar-refractivity contribution in [2.24, 2.45) is 0 Å². The van der Waals surface area contributed by atoms with Crippen LogP contribution in [0.4, 0.5) is 10.5 Å². The molecule has 0 radical (unpaired) electrons. The quantitative estimate of drug-likeness (QED) is 0.499. The molecular formula is C18H15ClIN3O3. The van der Waals surface area contributed by atoms with Crippen molar-refractivity contribution >= 4 is 51.8 Å². The minimum Gasteiger partial charge on any atom is -0.507 e. The first kappa shape index (κ1) is 18.5. The lowest BCUT2D eigenvalue weighted by atomic mass is 9.94. The van der Waals surface area contributed by atoms with Crippen LogP contribution in [0, 0.1) is 3.57 Å². The molecule has 0 bridgehead atoms. The molecule has 1 heterocycles. The Bertz CT molecular complexity index is 930. The summed E-state index contributed by atoms with van der Waals surface area (Å²) in [5.41, 5.74) is 1.98. The number of benzene rings is 2. The second kappa shape index (κ2) is 7.55. The summed E-state index contributed by atoms with van der Waals surface area (Å²) < 4.78 is 0.622. The van der Waals surface area contributed by atoms with Crippen LogP contribution < -0.4 is 16.0 Å². The van der Waals surface area contributed by atoms with E-state index in [1.807, 2.05) is 22.6 Å². The highest BCUT2D eigenvalue weighted by molar-refractivity contribution is 14.1. The molecule has 3 rings (SSSR count).